The van der Waals surface area contributed by atoms with Gasteiger partial charge >= 0.3 is 17.9 Å². The number of carboxylic acids is 2. The molecule has 19 heavy (non-hydrogen) atoms. The van der Waals surface area contributed by atoms with Crippen molar-refractivity contribution in [3.05, 3.63) is 0 Å². The quantitative estimate of drug-likeness (QED) is 0.267. The van der Waals surface area contributed by atoms with Crippen LogP contribution in [0.5, 0.6) is 0 Å². The van der Waals surface area contributed by atoms with E-state index in [0.717, 1.165) is 0 Å². The molecule has 0 saturated heterocycles. The highest BCUT2D eigenvalue weighted by molar-refractivity contribution is 5.75. The van der Waals surface area contributed by atoms with Crippen LogP contribution < -0.4 is 17.2 Å². The number of carboxylic acid groups (broad SMARTS) is 2. The van der Waals surface area contributed by atoms with Crippen molar-refractivity contribution >= 4 is 17.9 Å². The number of carbonyl (C=O) groups excluding carboxylic acids is 1. The van der Waals surface area contributed by atoms with Crippen LogP contribution in [0.4, 0.5) is 0 Å². The molecule has 0 aromatic rings. The van der Waals surface area contributed by atoms with Gasteiger partial charge in [-0.15, -0.1) is 0 Å². The van der Waals surface area contributed by atoms with Crippen LogP contribution in [0, 0.1) is 0 Å². The molecule has 0 heterocycles. The number of esters is 1. The molecular formula is C9H19N3O7. The van der Waals surface area contributed by atoms with Gasteiger partial charge in [-0.05, 0) is 6.92 Å². The molecule has 0 aliphatic rings. The Morgan fingerprint density at radius 1 is 1.16 bits per heavy atom. The molecule has 0 rings (SSSR count). The molecule has 0 aliphatic carbocycles. The number of hydrogen-bond acceptors (Lipinski definition) is 8. The predicted molar refractivity (Wildman–Crippen MR) is 62.9 cm³/mol. The van der Waals surface area contributed by atoms with Crippen molar-refractivity contribution in [2.24, 2.45) is 17.2 Å². The number of aliphatic carboxylic acids is 2. The Labute approximate surface area is 109 Å². The van der Waals surface area contributed by atoms with E-state index in [4.69, 9.17) is 32.5 Å². The van der Waals surface area contributed by atoms with E-state index in [1.54, 1.807) is 0 Å². The van der Waals surface area contributed by atoms with Crippen molar-refractivity contribution in [2.75, 3.05) is 13.2 Å². The van der Waals surface area contributed by atoms with Crippen LogP contribution in [-0.2, 0) is 19.1 Å². The van der Waals surface area contributed by atoms with Gasteiger partial charge in [0.1, 0.15) is 18.7 Å². The summed E-state index contributed by atoms with van der Waals surface area (Å²) >= 11 is 0. The first-order chi connectivity index (χ1) is 8.63. The molecule has 0 aromatic carbocycles. The third kappa shape index (κ3) is 11.1. The van der Waals surface area contributed by atoms with Gasteiger partial charge in [0.15, 0.2) is 0 Å². The number of nitrogens with two attached hydrogens (primary N) is 3. The summed E-state index contributed by atoms with van der Waals surface area (Å²) in [6.45, 7) is 0.719. The molecule has 0 saturated carbocycles. The number of carbonyl (C=O) groups is 3. The van der Waals surface area contributed by atoms with E-state index in [1.165, 1.54) is 6.92 Å². The fourth-order valence-corrected chi connectivity index (χ4v) is 0.519. The maximum Gasteiger partial charge on any atom is 0.324 e. The van der Waals surface area contributed by atoms with Crippen LogP contribution >= 0.6 is 0 Å². The van der Waals surface area contributed by atoms with Gasteiger partial charge in [-0.3, -0.25) is 14.4 Å². The standard InChI is InChI=1S/C5H10N2O4.C4H9NO3/c6-1-4(8)11-2-3(7)5(9)10;1-2(6)3(5)4(7)8/h3H,1-2,6-7H2,(H,9,10);2-3,6H,5H2,1H3,(H,7,8)/t3-;2-,3+/m01/s1. The van der Waals surface area contributed by atoms with Crippen LogP contribution in [0.1, 0.15) is 6.92 Å². The second-order valence-electron chi connectivity index (χ2n) is 3.44. The van der Waals surface area contributed by atoms with E-state index in [1.807, 2.05) is 0 Å². The summed E-state index contributed by atoms with van der Waals surface area (Å²) in [5.74, 6) is -3.06. The first-order valence-electron chi connectivity index (χ1n) is 5.14. The largest absolute Gasteiger partial charge is 0.480 e. The summed E-state index contributed by atoms with van der Waals surface area (Å²) in [5.41, 5.74) is 14.8. The minimum absolute atomic E-state index is 0.271. The number of aliphatic hydroxyl groups excluding tert-OH is 1. The lowest BCUT2D eigenvalue weighted by Gasteiger charge is -2.06. The zero-order valence-electron chi connectivity index (χ0n) is 10.4. The normalized spacial score (nSPS) is 14.4. The van der Waals surface area contributed by atoms with Crippen molar-refractivity contribution in [1.82, 2.24) is 0 Å². The Hall–Kier alpha value is -1.75. The SMILES string of the molecule is C[C@@H](O)[C@H](N)C(=O)O.NCC(=O)OC[C@H](N)C(=O)O. The maximum absolute atomic E-state index is 10.3. The van der Waals surface area contributed by atoms with E-state index in [-0.39, 0.29) is 13.2 Å². The molecular weight excluding hydrogens is 262 g/mol. The van der Waals surface area contributed by atoms with Gasteiger partial charge in [0.25, 0.3) is 0 Å². The molecule has 0 radical (unpaired) electrons. The molecule has 0 aromatic heterocycles. The summed E-state index contributed by atoms with van der Waals surface area (Å²) in [6.07, 6.45) is -0.979. The van der Waals surface area contributed by atoms with Crippen molar-refractivity contribution in [3.8, 4) is 0 Å². The molecule has 0 amide bonds. The monoisotopic (exact) mass is 281 g/mol. The van der Waals surface area contributed by atoms with Crippen LogP contribution in [0.15, 0.2) is 0 Å². The Morgan fingerprint density at radius 2 is 1.63 bits per heavy atom. The highest BCUT2D eigenvalue weighted by atomic mass is 16.5. The molecule has 9 N–H and O–H groups in total. The van der Waals surface area contributed by atoms with Gasteiger partial charge in [0, 0.05) is 0 Å². The number of rotatable bonds is 6. The molecule has 10 heteroatoms. The minimum atomic E-state index is -1.21. The first kappa shape index (κ1) is 19.6. The van der Waals surface area contributed by atoms with Gasteiger partial charge in [0.05, 0.1) is 12.6 Å². The predicted octanol–water partition coefficient (Wildman–Crippen LogP) is -3.32. The molecule has 3 atom stereocenters. The van der Waals surface area contributed by atoms with Gasteiger partial charge in [-0.25, -0.2) is 0 Å². The number of ether oxygens (including phenoxy) is 1. The molecule has 0 fully saturated rings. The molecule has 112 valence electrons. The molecule has 0 aliphatic heterocycles. The van der Waals surface area contributed by atoms with Crippen LogP contribution in [0.2, 0.25) is 0 Å². The van der Waals surface area contributed by atoms with E-state index in [9.17, 15) is 14.4 Å². The molecule has 10 nitrogen and oxygen atoms in total. The number of aliphatic hydroxyl groups is 1. The molecule has 0 spiro atoms. The fourth-order valence-electron chi connectivity index (χ4n) is 0.519. The van der Waals surface area contributed by atoms with Crippen molar-refractivity contribution in [3.63, 3.8) is 0 Å². The third-order valence-electron chi connectivity index (χ3n) is 1.71. The lowest BCUT2D eigenvalue weighted by atomic mass is 10.2. The Kier molecular flexibility index (Phi) is 10.5. The lowest BCUT2D eigenvalue weighted by molar-refractivity contribution is -0.147. The second-order valence-corrected chi connectivity index (χ2v) is 3.44. The zero-order valence-corrected chi connectivity index (χ0v) is 10.4. The topological polar surface area (TPSA) is 199 Å². The van der Waals surface area contributed by atoms with Crippen LogP contribution in [-0.4, -0.2) is 64.6 Å². The average molecular weight is 281 g/mol. The third-order valence-corrected chi connectivity index (χ3v) is 1.71. The van der Waals surface area contributed by atoms with Crippen molar-refractivity contribution < 1.29 is 34.4 Å². The van der Waals surface area contributed by atoms with Gasteiger partial charge in [-0.1, -0.05) is 0 Å². The highest BCUT2D eigenvalue weighted by Gasteiger charge is 2.16. The Balaban J connectivity index is 0. The summed E-state index contributed by atoms with van der Waals surface area (Å²) in [5, 5.41) is 24.8. The van der Waals surface area contributed by atoms with Crippen molar-refractivity contribution in [1.29, 1.82) is 0 Å². The lowest BCUT2D eigenvalue weighted by Crippen LogP contribution is -2.39. The maximum atomic E-state index is 10.3. The van der Waals surface area contributed by atoms with Crippen molar-refractivity contribution in [2.45, 2.75) is 25.1 Å². The van der Waals surface area contributed by atoms with Crippen LogP contribution in [0.3, 0.4) is 0 Å². The van der Waals surface area contributed by atoms with E-state index in [2.05, 4.69) is 4.74 Å². The highest BCUT2D eigenvalue weighted by Crippen LogP contribution is 1.86. The summed E-state index contributed by atoms with van der Waals surface area (Å²) < 4.78 is 4.34. The van der Waals surface area contributed by atoms with E-state index >= 15 is 0 Å². The molecule has 0 bridgehead atoms. The fraction of sp³-hybridized carbons (Fsp3) is 0.667. The summed E-state index contributed by atoms with van der Waals surface area (Å²) in [6, 6.07) is -2.33. The summed E-state index contributed by atoms with van der Waals surface area (Å²) in [4.78, 5) is 30.3. The summed E-state index contributed by atoms with van der Waals surface area (Å²) in [7, 11) is 0. The average Bonchev–Trinajstić information content (AvgIpc) is 2.34. The van der Waals surface area contributed by atoms with Gasteiger partial charge in [0.2, 0.25) is 0 Å². The Morgan fingerprint density at radius 3 is 1.84 bits per heavy atom. The zero-order chi connectivity index (χ0) is 15.6. The van der Waals surface area contributed by atoms with E-state index in [0.29, 0.717) is 0 Å². The smallest absolute Gasteiger partial charge is 0.324 e. The van der Waals surface area contributed by atoms with E-state index < -0.39 is 36.1 Å². The van der Waals surface area contributed by atoms with Gasteiger partial charge in [-0.2, -0.15) is 0 Å². The van der Waals surface area contributed by atoms with Gasteiger partial charge < -0.3 is 37.3 Å². The first-order valence-corrected chi connectivity index (χ1v) is 5.14. The van der Waals surface area contributed by atoms with Crippen LogP contribution in [0.25, 0.3) is 0 Å². The second kappa shape index (κ2) is 10.2. The Bertz CT molecular complexity index is 308. The molecule has 0 unspecified atom stereocenters. The minimum Gasteiger partial charge on any atom is -0.480 e. The number of hydrogen-bond donors (Lipinski definition) is 6.